The quantitative estimate of drug-likeness (QED) is 0.175. The highest BCUT2D eigenvalue weighted by Crippen LogP contribution is 2.32. The fraction of sp³-hybridized carbons (Fsp3) is 0.346. The van der Waals surface area contributed by atoms with E-state index < -0.39 is 23.6 Å². The number of nitrogens with one attached hydrogen (secondary N) is 1. The van der Waals surface area contributed by atoms with Crippen molar-refractivity contribution in [3.05, 3.63) is 65.6 Å². The van der Waals surface area contributed by atoms with Crippen LogP contribution in [0.15, 0.2) is 48.8 Å². The van der Waals surface area contributed by atoms with E-state index in [1.165, 1.54) is 57.8 Å². The standard InChI is InChI=1S/C10H7F3N2.C9H5F3N2O.C6H12.CH5N/c11-10(12,13)9-5-7(14)6-3-1-2-4-8(6)15-9;10-9(11,12)6-1-7-5(4-15)2-13-8(7)14-3-6;1-2-4-6-5-3-1;1-2/h1-5H,(H2,14,15);1-4H,(H,13,14);1-6H2;2H2,1H3. The molecular formula is C26H29F6N5O. The van der Waals surface area contributed by atoms with E-state index in [2.05, 4.69) is 20.7 Å². The van der Waals surface area contributed by atoms with Crippen LogP contribution in [-0.2, 0) is 12.4 Å². The van der Waals surface area contributed by atoms with Gasteiger partial charge in [-0.05, 0) is 25.2 Å². The van der Waals surface area contributed by atoms with Gasteiger partial charge in [0.1, 0.15) is 11.3 Å². The highest BCUT2D eigenvalue weighted by Gasteiger charge is 2.33. The molecule has 1 aliphatic carbocycles. The number of halogens is 6. The minimum atomic E-state index is -4.46. The molecule has 1 aromatic carbocycles. The number of carbonyl (C=O) groups excluding carboxylic acids is 1. The molecule has 3 heterocycles. The van der Waals surface area contributed by atoms with Gasteiger partial charge in [0.25, 0.3) is 0 Å². The van der Waals surface area contributed by atoms with Crippen molar-refractivity contribution >= 4 is 33.9 Å². The Morgan fingerprint density at radius 3 is 1.97 bits per heavy atom. The Morgan fingerprint density at radius 2 is 1.45 bits per heavy atom. The number of aromatic nitrogens is 3. The molecular weight excluding hydrogens is 512 g/mol. The zero-order valence-corrected chi connectivity index (χ0v) is 20.7. The third kappa shape index (κ3) is 8.44. The molecule has 4 aromatic rings. The Hall–Kier alpha value is -3.67. The van der Waals surface area contributed by atoms with Crippen molar-refractivity contribution in [3.63, 3.8) is 0 Å². The molecule has 0 radical (unpaired) electrons. The summed E-state index contributed by atoms with van der Waals surface area (Å²) in [7, 11) is 1.50. The van der Waals surface area contributed by atoms with Gasteiger partial charge in [-0.15, -0.1) is 0 Å². The van der Waals surface area contributed by atoms with Crippen molar-refractivity contribution in [3.8, 4) is 0 Å². The summed E-state index contributed by atoms with van der Waals surface area (Å²) in [6, 6.07) is 8.21. The Morgan fingerprint density at radius 1 is 0.868 bits per heavy atom. The molecule has 1 saturated carbocycles. The average molecular weight is 542 g/mol. The zero-order chi connectivity index (χ0) is 28.3. The van der Waals surface area contributed by atoms with Crippen LogP contribution < -0.4 is 11.5 Å². The van der Waals surface area contributed by atoms with Gasteiger partial charge in [0.2, 0.25) is 0 Å². The average Bonchev–Trinajstić information content (AvgIpc) is 3.33. The summed E-state index contributed by atoms with van der Waals surface area (Å²) in [6.07, 6.45) is 2.63. The van der Waals surface area contributed by atoms with Gasteiger partial charge in [0.15, 0.2) is 6.29 Å². The van der Waals surface area contributed by atoms with Gasteiger partial charge in [-0.1, -0.05) is 56.7 Å². The molecule has 206 valence electrons. The van der Waals surface area contributed by atoms with Crippen LogP contribution in [0.3, 0.4) is 0 Å². The molecule has 0 amide bonds. The normalized spacial score (nSPS) is 13.4. The van der Waals surface area contributed by atoms with Crippen LogP contribution in [-0.4, -0.2) is 28.3 Å². The summed E-state index contributed by atoms with van der Waals surface area (Å²) in [5.41, 5.74) is 8.97. The van der Waals surface area contributed by atoms with Crippen LogP contribution in [0, 0.1) is 0 Å². The smallest absolute Gasteiger partial charge is 0.398 e. The summed E-state index contributed by atoms with van der Waals surface area (Å²) in [6.45, 7) is 0. The van der Waals surface area contributed by atoms with E-state index >= 15 is 0 Å². The van der Waals surface area contributed by atoms with Gasteiger partial charge in [-0.2, -0.15) is 26.3 Å². The van der Waals surface area contributed by atoms with Crippen molar-refractivity contribution in [2.75, 3.05) is 12.8 Å². The van der Waals surface area contributed by atoms with E-state index in [1.54, 1.807) is 18.2 Å². The maximum Gasteiger partial charge on any atom is 0.433 e. The fourth-order valence-electron chi connectivity index (χ4n) is 3.68. The lowest BCUT2D eigenvalue weighted by Gasteiger charge is -2.08. The van der Waals surface area contributed by atoms with Crippen LogP contribution in [0.4, 0.5) is 32.0 Å². The number of aldehydes is 1. The summed E-state index contributed by atoms with van der Waals surface area (Å²) in [5, 5.41) is 0.713. The Balaban J connectivity index is 0.000000209. The first kappa shape index (κ1) is 30.6. The lowest BCUT2D eigenvalue weighted by Crippen LogP contribution is -2.08. The molecule has 3 aromatic heterocycles. The third-order valence-corrected chi connectivity index (χ3v) is 5.56. The number of nitrogens with zero attached hydrogens (tertiary/aromatic N) is 2. The van der Waals surface area contributed by atoms with Crippen molar-refractivity contribution in [2.24, 2.45) is 5.73 Å². The Bertz CT molecular complexity index is 1300. The van der Waals surface area contributed by atoms with Crippen LogP contribution >= 0.6 is 0 Å². The predicted molar refractivity (Wildman–Crippen MR) is 135 cm³/mol. The van der Waals surface area contributed by atoms with E-state index in [9.17, 15) is 31.1 Å². The number of H-pyrrole nitrogens is 1. The van der Waals surface area contributed by atoms with E-state index in [4.69, 9.17) is 5.73 Å². The molecule has 0 spiro atoms. The molecule has 1 aliphatic rings. The van der Waals surface area contributed by atoms with Crippen molar-refractivity contribution in [1.82, 2.24) is 15.0 Å². The molecule has 1 fully saturated rings. The molecule has 5 N–H and O–H groups in total. The molecule has 6 nitrogen and oxygen atoms in total. The zero-order valence-electron chi connectivity index (χ0n) is 20.7. The number of nitrogen functional groups attached to an aromatic ring is 1. The van der Waals surface area contributed by atoms with E-state index in [1.807, 2.05) is 0 Å². The van der Waals surface area contributed by atoms with Gasteiger partial charge in [-0.3, -0.25) is 4.79 Å². The highest BCUT2D eigenvalue weighted by molar-refractivity contribution is 5.95. The number of anilines is 1. The highest BCUT2D eigenvalue weighted by atomic mass is 19.4. The summed E-state index contributed by atoms with van der Waals surface area (Å²) in [5.74, 6) is 0. The molecule has 0 unspecified atom stereocenters. The van der Waals surface area contributed by atoms with Gasteiger partial charge in [0, 0.05) is 34.4 Å². The summed E-state index contributed by atoms with van der Waals surface area (Å²) >= 11 is 0. The topological polar surface area (TPSA) is 111 Å². The second-order valence-corrected chi connectivity index (χ2v) is 8.21. The molecule has 5 rings (SSSR count). The van der Waals surface area contributed by atoms with Crippen LogP contribution in [0.1, 0.15) is 60.1 Å². The molecule has 0 saturated heterocycles. The first-order chi connectivity index (χ1) is 18.0. The number of benzene rings is 1. The van der Waals surface area contributed by atoms with E-state index in [0.717, 1.165) is 18.3 Å². The number of para-hydroxylation sites is 1. The Kier molecular flexibility index (Phi) is 11.1. The minimum absolute atomic E-state index is 0.0907. The second kappa shape index (κ2) is 13.8. The lowest BCUT2D eigenvalue weighted by atomic mass is 10.0. The number of hydrogen-bond acceptors (Lipinski definition) is 5. The van der Waals surface area contributed by atoms with Gasteiger partial charge in [-0.25, -0.2) is 9.97 Å². The Labute approximate surface area is 215 Å². The predicted octanol–water partition coefficient (Wildman–Crippen LogP) is 7.15. The molecule has 0 aliphatic heterocycles. The molecule has 38 heavy (non-hydrogen) atoms. The number of carbonyl (C=O) groups is 1. The summed E-state index contributed by atoms with van der Waals surface area (Å²) < 4.78 is 74.1. The summed E-state index contributed by atoms with van der Waals surface area (Å²) in [4.78, 5) is 20.2. The second-order valence-electron chi connectivity index (χ2n) is 8.21. The largest absolute Gasteiger partial charge is 0.433 e. The number of rotatable bonds is 1. The van der Waals surface area contributed by atoms with E-state index in [-0.39, 0.29) is 27.8 Å². The maximum atomic E-state index is 12.4. The van der Waals surface area contributed by atoms with Gasteiger partial charge in [0.05, 0.1) is 11.1 Å². The fourth-order valence-corrected chi connectivity index (χ4v) is 3.68. The van der Waals surface area contributed by atoms with Crippen LogP contribution in [0.5, 0.6) is 0 Å². The number of aromatic amines is 1. The van der Waals surface area contributed by atoms with Crippen molar-refractivity contribution in [1.29, 1.82) is 0 Å². The number of fused-ring (bicyclic) bond motifs is 2. The number of nitrogens with two attached hydrogens (primary N) is 2. The van der Waals surface area contributed by atoms with Gasteiger partial charge >= 0.3 is 12.4 Å². The first-order valence-electron chi connectivity index (χ1n) is 11.8. The molecule has 0 atom stereocenters. The van der Waals surface area contributed by atoms with Crippen molar-refractivity contribution < 1.29 is 31.1 Å². The lowest BCUT2D eigenvalue weighted by molar-refractivity contribution is -0.141. The minimum Gasteiger partial charge on any atom is -0.398 e. The van der Waals surface area contributed by atoms with E-state index in [0.29, 0.717) is 11.7 Å². The SMILES string of the molecule is C1CCCCC1.CN.Nc1cc(C(F)(F)F)nc2ccccc12.O=Cc1c[nH]c2ncc(C(F)(F)F)cc12. The molecule has 12 heteroatoms. The van der Waals surface area contributed by atoms with Crippen LogP contribution in [0.25, 0.3) is 21.9 Å². The van der Waals surface area contributed by atoms with Crippen molar-refractivity contribution in [2.45, 2.75) is 50.9 Å². The first-order valence-corrected chi connectivity index (χ1v) is 11.8. The maximum absolute atomic E-state index is 12.4. The number of alkyl halides is 6. The van der Waals surface area contributed by atoms with Crippen LogP contribution in [0.2, 0.25) is 0 Å². The molecule has 0 bridgehead atoms. The third-order valence-electron chi connectivity index (χ3n) is 5.56. The number of pyridine rings is 2. The monoisotopic (exact) mass is 541 g/mol. The number of hydrogen-bond donors (Lipinski definition) is 3. The van der Waals surface area contributed by atoms with Gasteiger partial charge < -0.3 is 16.5 Å².